The molecule has 0 fully saturated rings. The normalized spacial score (nSPS) is 17.3. The topological polar surface area (TPSA) is 0 Å². The Hall–Kier alpha value is -5.32. The second-order valence-corrected chi connectivity index (χ2v) is 13.7. The number of allylic oxidation sites excluding steroid dienone is 2. The van der Waals surface area contributed by atoms with E-state index in [1.54, 1.807) is 0 Å². The van der Waals surface area contributed by atoms with E-state index in [4.69, 9.17) is 0 Å². The Bertz CT molecular complexity index is 2510. The summed E-state index contributed by atoms with van der Waals surface area (Å²) in [5, 5.41) is 0. The predicted molar refractivity (Wildman–Crippen MR) is 173 cm³/mol. The lowest BCUT2D eigenvalue weighted by atomic mass is 9.30. The highest BCUT2D eigenvalue weighted by molar-refractivity contribution is 8.03. The zero-order valence-electron chi connectivity index (χ0n) is 26.6. The van der Waals surface area contributed by atoms with Crippen LogP contribution < -0.4 is 10.9 Å². The molecule has 5 aromatic carbocycles. The summed E-state index contributed by atoms with van der Waals surface area (Å²) >= 11 is 0.349. The molecule has 2 aliphatic carbocycles. The van der Waals surface area contributed by atoms with Crippen molar-refractivity contribution in [1.29, 1.82) is 0 Å². The number of fused-ring (bicyclic) bond motifs is 5. The quantitative estimate of drug-likeness (QED) is 0.0740. The van der Waals surface area contributed by atoms with Crippen molar-refractivity contribution in [3.63, 3.8) is 0 Å². The van der Waals surface area contributed by atoms with Gasteiger partial charge in [-0.15, -0.1) is 11.8 Å². The zero-order valence-corrected chi connectivity index (χ0v) is 27.5. The second kappa shape index (κ2) is 12.6. The standard InChI is InChI=1S/C38H12BF15S/c40-23-19(24(41)30(47)35(52)29(23)46)18-14-9-5-4-8-13(14)17-16(12-6-2-1-3-7-12)15-10-11-55-38(15,20(17)18)39(21-25(42)31(48)36(53)32(49)26(21)43)22-27(44)33(50)37(54)34(51)28(22)45/h1-10H,11H2. The minimum atomic E-state index is -3.21. The summed E-state index contributed by atoms with van der Waals surface area (Å²) in [6.07, 6.45) is 1.22. The Kier molecular flexibility index (Phi) is 8.40. The molecule has 0 bridgehead atoms. The van der Waals surface area contributed by atoms with Gasteiger partial charge in [0.05, 0.1) is 10.2 Å². The molecule has 0 N–H and O–H groups in total. The molecule has 0 spiro atoms. The maximum Gasteiger partial charge on any atom is 0.252 e. The lowest BCUT2D eigenvalue weighted by Crippen LogP contribution is -2.63. The molecule has 1 heterocycles. The van der Waals surface area contributed by atoms with Crippen LogP contribution in [0.5, 0.6) is 0 Å². The van der Waals surface area contributed by atoms with Crippen molar-refractivity contribution in [2.24, 2.45) is 0 Å². The fourth-order valence-corrected chi connectivity index (χ4v) is 9.34. The van der Waals surface area contributed by atoms with E-state index in [9.17, 15) is 13.2 Å². The summed E-state index contributed by atoms with van der Waals surface area (Å²) in [6.45, 7) is -3.21. The molecule has 5 aromatic rings. The van der Waals surface area contributed by atoms with Gasteiger partial charge >= 0.3 is 0 Å². The number of rotatable bonds is 5. The molecular weight excluding hydrogens is 784 g/mol. The first kappa shape index (κ1) is 36.7. The lowest BCUT2D eigenvalue weighted by Gasteiger charge is -2.38. The number of halogens is 15. The van der Waals surface area contributed by atoms with Crippen LogP contribution in [0.25, 0.3) is 16.7 Å². The summed E-state index contributed by atoms with van der Waals surface area (Å²) in [4.78, 5) is 0. The van der Waals surface area contributed by atoms with Crippen LogP contribution >= 0.6 is 11.8 Å². The van der Waals surface area contributed by atoms with Gasteiger partial charge in [-0.1, -0.05) is 60.7 Å². The van der Waals surface area contributed by atoms with Crippen molar-refractivity contribution in [3.8, 4) is 0 Å². The van der Waals surface area contributed by atoms with Gasteiger partial charge in [-0.05, 0) is 39.0 Å². The molecule has 1 unspecified atom stereocenters. The lowest BCUT2D eigenvalue weighted by molar-refractivity contribution is 0.376. The van der Waals surface area contributed by atoms with E-state index < -0.39 is 132 Å². The minimum Gasteiger partial charge on any atom is -0.204 e. The average molecular weight is 796 g/mol. The molecule has 1 atom stereocenters. The number of benzene rings is 5. The van der Waals surface area contributed by atoms with E-state index in [1.807, 2.05) is 0 Å². The van der Waals surface area contributed by atoms with Gasteiger partial charge in [0.1, 0.15) is 0 Å². The highest BCUT2D eigenvalue weighted by Gasteiger charge is 2.63. The first-order valence-corrected chi connectivity index (χ1v) is 16.6. The molecular formula is C38H12BF15S. The van der Waals surface area contributed by atoms with Gasteiger partial charge in [-0.25, -0.2) is 65.9 Å². The molecule has 0 radical (unpaired) electrons. The van der Waals surface area contributed by atoms with Crippen LogP contribution in [0.3, 0.4) is 0 Å². The van der Waals surface area contributed by atoms with Gasteiger partial charge in [0.15, 0.2) is 81.4 Å². The van der Waals surface area contributed by atoms with Crippen LogP contribution in [0.1, 0.15) is 22.3 Å². The monoisotopic (exact) mass is 796 g/mol. The molecule has 1 aliphatic heterocycles. The summed E-state index contributed by atoms with van der Waals surface area (Å²) in [5.74, 6) is -40.4. The first-order chi connectivity index (χ1) is 26.1. The van der Waals surface area contributed by atoms with Crippen LogP contribution in [0.2, 0.25) is 0 Å². The van der Waals surface area contributed by atoms with Crippen molar-refractivity contribution in [2.45, 2.75) is 4.65 Å². The van der Waals surface area contributed by atoms with Gasteiger partial charge in [-0.3, -0.25) is 0 Å². The van der Waals surface area contributed by atoms with E-state index in [2.05, 4.69) is 0 Å². The Morgan fingerprint density at radius 2 is 0.800 bits per heavy atom. The molecule has 0 saturated heterocycles. The number of hydrogen-bond acceptors (Lipinski definition) is 1. The first-order valence-electron chi connectivity index (χ1n) is 15.6. The highest BCUT2D eigenvalue weighted by Crippen LogP contribution is 2.67. The zero-order chi connectivity index (χ0) is 39.6. The number of thioether (sulfide) groups is 1. The maximum atomic E-state index is 16.2. The van der Waals surface area contributed by atoms with Crippen LogP contribution in [0, 0.1) is 87.3 Å². The molecule has 278 valence electrons. The fourth-order valence-electron chi connectivity index (χ4n) is 7.73. The van der Waals surface area contributed by atoms with Crippen LogP contribution in [0.15, 0.2) is 71.8 Å². The SMILES string of the molecule is Fc1c(F)c(F)c(B(c2c(F)c(F)c(F)c(F)c2F)C23SCC=C2C(c2ccccc2)=C2C3=C(c3c(F)c(F)c(F)c(F)c3F)c3ccccc32)c(F)c1F. The summed E-state index contributed by atoms with van der Waals surface area (Å²) in [7, 11) is 0. The molecule has 0 nitrogen and oxygen atoms in total. The molecule has 55 heavy (non-hydrogen) atoms. The molecule has 0 saturated carbocycles. The van der Waals surface area contributed by atoms with E-state index in [-0.39, 0.29) is 33.4 Å². The van der Waals surface area contributed by atoms with Gasteiger partial charge in [0, 0.05) is 22.3 Å². The van der Waals surface area contributed by atoms with Crippen molar-refractivity contribution in [2.75, 3.05) is 5.75 Å². The second-order valence-electron chi connectivity index (χ2n) is 12.4. The fraction of sp³-hybridized carbons (Fsp3) is 0.0526. The van der Waals surface area contributed by atoms with Gasteiger partial charge in [-0.2, -0.15) is 0 Å². The Morgan fingerprint density at radius 1 is 0.418 bits per heavy atom. The van der Waals surface area contributed by atoms with Crippen molar-refractivity contribution in [3.05, 3.63) is 181 Å². The molecule has 8 rings (SSSR count). The van der Waals surface area contributed by atoms with E-state index in [1.165, 1.54) is 54.6 Å². The van der Waals surface area contributed by atoms with Crippen LogP contribution in [0.4, 0.5) is 65.9 Å². The Labute approximate surface area is 303 Å². The van der Waals surface area contributed by atoms with Gasteiger partial charge < -0.3 is 0 Å². The van der Waals surface area contributed by atoms with Gasteiger partial charge in [0.25, 0.3) is 6.71 Å². The molecule has 0 aromatic heterocycles. The molecule has 3 aliphatic rings. The summed E-state index contributed by atoms with van der Waals surface area (Å²) < 4.78 is 228. The third kappa shape index (κ3) is 4.67. The van der Waals surface area contributed by atoms with E-state index in [0.29, 0.717) is 11.8 Å². The Morgan fingerprint density at radius 3 is 1.25 bits per heavy atom. The summed E-state index contributed by atoms with van der Waals surface area (Å²) in [5.41, 5.74) is -8.62. The highest BCUT2D eigenvalue weighted by atomic mass is 32.2. The largest absolute Gasteiger partial charge is 0.252 e. The average Bonchev–Trinajstić information content (AvgIpc) is 3.84. The Balaban J connectivity index is 1.66. The maximum absolute atomic E-state index is 16.2. The van der Waals surface area contributed by atoms with E-state index in [0.717, 1.165) is 6.07 Å². The smallest absolute Gasteiger partial charge is 0.204 e. The third-order valence-corrected chi connectivity index (χ3v) is 11.3. The van der Waals surface area contributed by atoms with Gasteiger partial charge in [0.2, 0.25) is 5.82 Å². The van der Waals surface area contributed by atoms with Crippen molar-refractivity contribution in [1.82, 2.24) is 0 Å². The summed E-state index contributed by atoms with van der Waals surface area (Å²) in [6, 6.07) is 12.2. The minimum absolute atomic E-state index is 0.0841. The van der Waals surface area contributed by atoms with Crippen molar-refractivity contribution < 1.29 is 65.9 Å². The molecule has 0 amide bonds. The van der Waals surface area contributed by atoms with E-state index >= 15 is 52.7 Å². The van der Waals surface area contributed by atoms with Crippen molar-refractivity contribution >= 4 is 46.1 Å². The predicted octanol–water partition coefficient (Wildman–Crippen LogP) is 9.77. The van der Waals surface area contributed by atoms with Crippen LogP contribution in [-0.2, 0) is 0 Å². The van der Waals surface area contributed by atoms with Crippen LogP contribution in [-0.4, -0.2) is 17.1 Å². The number of hydrogen-bond donors (Lipinski definition) is 0. The molecule has 17 heteroatoms. The third-order valence-electron chi connectivity index (χ3n) is 9.85.